The molecule has 2 amide bonds. The number of hydrogen-bond acceptors (Lipinski definition) is 6. The van der Waals surface area contributed by atoms with E-state index in [4.69, 9.17) is 4.74 Å². The number of carbonyl (C=O) groups excluding carboxylic acids is 2. The van der Waals surface area contributed by atoms with Crippen molar-refractivity contribution in [2.24, 2.45) is 13.0 Å². The standard InChI is InChI=1S/C28H36N4O6S/c1-18-14-32(19(2)17-33)28(35)23-13-21(10-11-25(23)38-26(18)16-31(4)39(5,36)37)29-27(34)12-20-15-30(3)24-9-7-6-8-22(20)24/h6-11,13,15,18-19,26,33H,12,14,16-17H2,1-5H3,(H,29,34)/t18-,19-,26+/m0/s1. The molecular formula is C28H36N4O6S. The van der Waals surface area contributed by atoms with Crippen molar-refractivity contribution in [3.05, 3.63) is 59.8 Å². The highest BCUT2D eigenvalue weighted by molar-refractivity contribution is 7.88. The van der Waals surface area contributed by atoms with E-state index < -0.39 is 22.2 Å². The first-order valence-electron chi connectivity index (χ1n) is 12.9. The lowest BCUT2D eigenvalue weighted by Crippen LogP contribution is -2.50. The summed E-state index contributed by atoms with van der Waals surface area (Å²) in [6.45, 7) is 3.76. The van der Waals surface area contributed by atoms with Gasteiger partial charge in [-0.3, -0.25) is 9.59 Å². The van der Waals surface area contributed by atoms with E-state index in [1.807, 2.05) is 49.0 Å². The summed E-state index contributed by atoms with van der Waals surface area (Å²) >= 11 is 0. The average molecular weight is 557 g/mol. The van der Waals surface area contributed by atoms with Crippen molar-refractivity contribution in [3.63, 3.8) is 0 Å². The van der Waals surface area contributed by atoms with Crippen LogP contribution < -0.4 is 10.1 Å². The van der Waals surface area contributed by atoms with E-state index in [1.165, 1.54) is 11.4 Å². The zero-order chi connectivity index (χ0) is 28.5. The van der Waals surface area contributed by atoms with E-state index in [0.717, 1.165) is 22.7 Å². The van der Waals surface area contributed by atoms with Gasteiger partial charge in [0.2, 0.25) is 15.9 Å². The third kappa shape index (κ3) is 6.26. The molecule has 0 unspecified atom stereocenters. The first-order valence-corrected chi connectivity index (χ1v) is 14.7. The number of hydrogen-bond donors (Lipinski definition) is 2. The third-order valence-corrected chi connectivity index (χ3v) is 8.56. The lowest BCUT2D eigenvalue weighted by Gasteiger charge is -2.38. The van der Waals surface area contributed by atoms with Crippen LogP contribution in [0.4, 0.5) is 5.69 Å². The van der Waals surface area contributed by atoms with Gasteiger partial charge in [-0.25, -0.2) is 12.7 Å². The van der Waals surface area contributed by atoms with Gasteiger partial charge in [-0.15, -0.1) is 0 Å². The summed E-state index contributed by atoms with van der Waals surface area (Å²) in [5, 5.41) is 13.7. The highest BCUT2D eigenvalue weighted by Crippen LogP contribution is 2.31. The molecule has 2 aromatic carbocycles. The summed E-state index contributed by atoms with van der Waals surface area (Å²) < 4.78 is 33.6. The topological polar surface area (TPSA) is 121 Å². The molecular weight excluding hydrogens is 520 g/mol. The molecule has 0 bridgehead atoms. The third-order valence-electron chi connectivity index (χ3n) is 7.28. The van der Waals surface area contributed by atoms with Crippen LogP contribution in [0.15, 0.2) is 48.7 Å². The molecule has 0 saturated carbocycles. The number of likely N-dealkylation sites (N-methyl/N-ethyl adjacent to an activating group) is 1. The summed E-state index contributed by atoms with van der Waals surface area (Å²) in [5.74, 6) is -0.494. The number of nitrogens with zero attached hydrogens (tertiary/aromatic N) is 3. The predicted octanol–water partition coefficient (Wildman–Crippen LogP) is 2.47. The van der Waals surface area contributed by atoms with Gasteiger partial charge in [0.15, 0.2) is 0 Å². The van der Waals surface area contributed by atoms with Crippen LogP contribution in [0.5, 0.6) is 5.75 Å². The summed E-state index contributed by atoms with van der Waals surface area (Å²) in [6.07, 6.45) is 2.68. The first kappa shape index (κ1) is 28.6. The van der Waals surface area contributed by atoms with E-state index in [0.29, 0.717) is 11.4 Å². The molecule has 0 aliphatic carbocycles. The second-order valence-electron chi connectivity index (χ2n) is 10.4. The van der Waals surface area contributed by atoms with Gasteiger partial charge >= 0.3 is 0 Å². The molecule has 1 aromatic heterocycles. The summed E-state index contributed by atoms with van der Waals surface area (Å²) in [7, 11) is -0.0230. The van der Waals surface area contributed by atoms with Crippen molar-refractivity contribution >= 4 is 38.4 Å². The number of nitrogens with one attached hydrogen (secondary N) is 1. The maximum atomic E-state index is 13.6. The molecule has 3 aromatic rings. The molecule has 39 heavy (non-hydrogen) atoms. The van der Waals surface area contributed by atoms with Gasteiger partial charge in [0.05, 0.1) is 37.4 Å². The van der Waals surface area contributed by atoms with Crippen molar-refractivity contribution in [1.29, 1.82) is 0 Å². The van der Waals surface area contributed by atoms with Crippen LogP contribution in [-0.4, -0.2) is 84.3 Å². The van der Waals surface area contributed by atoms with E-state index in [1.54, 1.807) is 30.0 Å². The summed E-state index contributed by atoms with van der Waals surface area (Å²) in [5.41, 5.74) is 2.60. The van der Waals surface area contributed by atoms with Gasteiger partial charge < -0.3 is 24.6 Å². The van der Waals surface area contributed by atoms with Crippen LogP contribution in [0.1, 0.15) is 29.8 Å². The zero-order valence-electron chi connectivity index (χ0n) is 22.9. The number of aromatic nitrogens is 1. The Bertz CT molecular complexity index is 1480. The van der Waals surface area contributed by atoms with Gasteiger partial charge in [0.25, 0.3) is 5.91 Å². The molecule has 0 spiro atoms. The fraction of sp³-hybridized carbons (Fsp3) is 0.429. The average Bonchev–Trinajstić information content (AvgIpc) is 3.20. The molecule has 2 heterocycles. The predicted molar refractivity (Wildman–Crippen MR) is 150 cm³/mol. The maximum absolute atomic E-state index is 13.6. The van der Waals surface area contributed by atoms with Crippen molar-refractivity contribution in [2.75, 3.05) is 38.3 Å². The Hall–Kier alpha value is -3.41. The normalized spacial score (nSPS) is 18.8. The fourth-order valence-corrected chi connectivity index (χ4v) is 5.27. The minimum Gasteiger partial charge on any atom is -0.488 e. The van der Waals surface area contributed by atoms with E-state index in [9.17, 15) is 23.1 Å². The molecule has 0 saturated heterocycles. The Kier molecular flexibility index (Phi) is 8.34. The molecule has 0 radical (unpaired) electrons. The van der Waals surface area contributed by atoms with Crippen molar-refractivity contribution in [3.8, 4) is 5.75 Å². The van der Waals surface area contributed by atoms with Gasteiger partial charge in [-0.05, 0) is 36.8 Å². The second-order valence-corrected chi connectivity index (χ2v) is 12.5. The largest absolute Gasteiger partial charge is 0.488 e. The van der Waals surface area contributed by atoms with Crippen LogP contribution in [0.3, 0.4) is 0 Å². The minimum absolute atomic E-state index is 0.0957. The van der Waals surface area contributed by atoms with Crippen LogP contribution in [-0.2, 0) is 28.3 Å². The van der Waals surface area contributed by atoms with Gasteiger partial charge in [0, 0.05) is 49.3 Å². The van der Waals surface area contributed by atoms with E-state index in [-0.39, 0.29) is 49.4 Å². The van der Waals surface area contributed by atoms with Crippen molar-refractivity contribution in [1.82, 2.24) is 13.8 Å². The molecule has 2 N–H and O–H groups in total. The molecule has 1 aliphatic rings. The number of sulfonamides is 1. The number of anilines is 1. The number of amides is 2. The Labute approximate surface area is 229 Å². The summed E-state index contributed by atoms with van der Waals surface area (Å²) in [4.78, 5) is 28.2. The van der Waals surface area contributed by atoms with Crippen molar-refractivity contribution in [2.45, 2.75) is 32.4 Å². The highest BCUT2D eigenvalue weighted by atomic mass is 32.2. The molecule has 11 heteroatoms. The minimum atomic E-state index is -3.44. The number of benzene rings is 2. The Morgan fingerprint density at radius 1 is 1.26 bits per heavy atom. The van der Waals surface area contributed by atoms with E-state index in [2.05, 4.69) is 5.32 Å². The molecule has 0 fully saturated rings. The smallest absolute Gasteiger partial charge is 0.258 e. The zero-order valence-corrected chi connectivity index (χ0v) is 23.7. The molecule has 10 nitrogen and oxygen atoms in total. The fourth-order valence-electron chi connectivity index (χ4n) is 4.85. The molecule has 4 rings (SSSR count). The second kappa shape index (κ2) is 11.4. The number of fused-ring (bicyclic) bond motifs is 2. The number of aryl methyl sites for hydroxylation is 1. The highest BCUT2D eigenvalue weighted by Gasteiger charge is 2.34. The molecule has 1 aliphatic heterocycles. The van der Waals surface area contributed by atoms with Crippen molar-refractivity contribution < 1.29 is 27.9 Å². The molecule has 210 valence electrons. The van der Waals surface area contributed by atoms with Crippen LogP contribution in [0, 0.1) is 5.92 Å². The number of aliphatic hydroxyl groups is 1. The van der Waals surface area contributed by atoms with Gasteiger partial charge in [-0.1, -0.05) is 25.1 Å². The first-order chi connectivity index (χ1) is 18.4. The monoisotopic (exact) mass is 556 g/mol. The number of aliphatic hydroxyl groups excluding tert-OH is 1. The molecule has 3 atom stereocenters. The quantitative estimate of drug-likeness (QED) is 0.440. The Morgan fingerprint density at radius 2 is 1.97 bits per heavy atom. The Morgan fingerprint density at radius 3 is 2.67 bits per heavy atom. The Balaban J connectivity index is 1.62. The lowest BCUT2D eigenvalue weighted by molar-refractivity contribution is -0.115. The van der Waals surface area contributed by atoms with Crippen LogP contribution >= 0.6 is 0 Å². The number of para-hydroxylation sites is 1. The lowest BCUT2D eigenvalue weighted by atomic mass is 9.99. The number of carbonyl (C=O) groups is 2. The van der Waals surface area contributed by atoms with Crippen LogP contribution in [0.25, 0.3) is 10.9 Å². The van der Waals surface area contributed by atoms with Gasteiger partial charge in [-0.2, -0.15) is 0 Å². The van der Waals surface area contributed by atoms with E-state index >= 15 is 0 Å². The number of ether oxygens (including phenoxy) is 1. The number of rotatable bonds is 8. The van der Waals surface area contributed by atoms with Gasteiger partial charge in [0.1, 0.15) is 11.9 Å². The maximum Gasteiger partial charge on any atom is 0.258 e. The SMILES string of the molecule is C[C@H]1CN([C@@H](C)CO)C(=O)c2cc(NC(=O)Cc3cn(C)c4ccccc34)ccc2O[C@@H]1CN(C)S(C)(=O)=O. The van der Waals surface area contributed by atoms with Crippen LogP contribution in [0.2, 0.25) is 0 Å². The summed E-state index contributed by atoms with van der Waals surface area (Å²) in [6, 6.07) is 12.3.